The average molecular weight is 381 g/mol. The van der Waals surface area contributed by atoms with Crippen LogP contribution in [0.5, 0.6) is 17.2 Å². The molecule has 0 atom stereocenters. The van der Waals surface area contributed by atoms with E-state index in [1.807, 2.05) is 42.5 Å². The molecule has 3 rings (SSSR count). The molecule has 0 aliphatic rings. The van der Waals surface area contributed by atoms with Gasteiger partial charge < -0.3 is 19.5 Å². The molecule has 0 aliphatic carbocycles. The molecule has 0 saturated heterocycles. The van der Waals surface area contributed by atoms with Crippen LogP contribution in [-0.2, 0) is 13.0 Å². The smallest absolute Gasteiger partial charge is 0.127 e. The Morgan fingerprint density at radius 3 is 2.25 bits per heavy atom. The van der Waals surface area contributed by atoms with E-state index in [1.54, 1.807) is 33.5 Å². The van der Waals surface area contributed by atoms with Gasteiger partial charge in [-0.15, -0.1) is 0 Å². The average Bonchev–Trinajstić information content (AvgIpc) is 2.72. The van der Waals surface area contributed by atoms with E-state index in [2.05, 4.69) is 5.32 Å². The Hall–Kier alpha value is -3.21. The number of methoxy groups -OCH3 is 3. The van der Waals surface area contributed by atoms with Crippen LogP contribution in [0.1, 0.15) is 16.7 Å². The van der Waals surface area contributed by atoms with Crippen molar-refractivity contribution < 1.29 is 18.6 Å². The summed E-state index contributed by atoms with van der Waals surface area (Å²) in [5.41, 5.74) is 3.90. The highest BCUT2D eigenvalue weighted by Gasteiger charge is 2.09. The first kappa shape index (κ1) is 19.5. The van der Waals surface area contributed by atoms with Gasteiger partial charge in [0.2, 0.25) is 0 Å². The summed E-state index contributed by atoms with van der Waals surface area (Å²) in [7, 11) is 4.90. The standard InChI is InChI=1S/C23H24FNO3/c1-26-20-9-10-22(18(13-20)11-16-5-4-6-19(24)12-16)25-15-17-7-8-21(27-2)14-23(17)28-3/h4-10,12-14,25H,11,15H2,1-3H3. The molecule has 0 bridgehead atoms. The van der Waals surface area contributed by atoms with E-state index < -0.39 is 0 Å². The molecule has 0 amide bonds. The summed E-state index contributed by atoms with van der Waals surface area (Å²) in [6.07, 6.45) is 0.594. The van der Waals surface area contributed by atoms with Crippen molar-refractivity contribution in [2.24, 2.45) is 0 Å². The summed E-state index contributed by atoms with van der Waals surface area (Å²) in [4.78, 5) is 0. The second kappa shape index (κ2) is 9.13. The van der Waals surface area contributed by atoms with Crippen LogP contribution in [0.2, 0.25) is 0 Å². The molecule has 3 aromatic carbocycles. The maximum absolute atomic E-state index is 13.6. The first-order valence-corrected chi connectivity index (χ1v) is 8.99. The fraction of sp³-hybridized carbons (Fsp3) is 0.217. The van der Waals surface area contributed by atoms with E-state index in [1.165, 1.54) is 6.07 Å². The fourth-order valence-corrected chi connectivity index (χ4v) is 3.07. The molecule has 0 spiro atoms. The van der Waals surface area contributed by atoms with Gasteiger partial charge in [-0.25, -0.2) is 4.39 Å². The Balaban J connectivity index is 1.83. The summed E-state index contributed by atoms with van der Waals surface area (Å²) in [5, 5.41) is 3.46. The summed E-state index contributed by atoms with van der Waals surface area (Å²) >= 11 is 0. The van der Waals surface area contributed by atoms with Gasteiger partial charge in [0.15, 0.2) is 0 Å². The highest BCUT2D eigenvalue weighted by Crippen LogP contribution is 2.28. The molecule has 0 fully saturated rings. The van der Waals surface area contributed by atoms with Crippen molar-refractivity contribution in [2.75, 3.05) is 26.6 Å². The van der Waals surface area contributed by atoms with Crippen LogP contribution in [0.25, 0.3) is 0 Å². The first-order valence-electron chi connectivity index (χ1n) is 8.99. The van der Waals surface area contributed by atoms with Gasteiger partial charge in [-0.05, 0) is 60.0 Å². The molecule has 0 radical (unpaired) electrons. The summed E-state index contributed by atoms with van der Waals surface area (Å²) in [5.74, 6) is 2.03. The number of benzene rings is 3. The van der Waals surface area contributed by atoms with Crippen LogP contribution in [-0.4, -0.2) is 21.3 Å². The molecule has 28 heavy (non-hydrogen) atoms. The Bertz CT molecular complexity index is 943. The monoisotopic (exact) mass is 381 g/mol. The van der Waals surface area contributed by atoms with Crippen LogP contribution in [0, 0.1) is 5.82 Å². The molecule has 146 valence electrons. The van der Waals surface area contributed by atoms with Crippen LogP contribution < -0.4 is 19.5 Å². The van der Waals surface area contributed by atoms with Gasteiger partial charge >= 0.3 is 0 Å². The predicted molar refractivity (Wildman–Crippen MR) is 109 cm³/mol. The van der Waals surface area contributed by atoms with Gasteiger partial charge in [-0.1, -0.05) is 12.1 Å². The first-order chi connectivity index (χ1) is 13.6. The fourth-order valence-electron chi connectivity index (χ4n) is 3.07. The highest BCUT2D eigenvalue weighted by molar-refractivity contribution is 5.56. The van der Waals surface area contributed by atoms with Crippen molar-refractivity contribution in [1.82, 2.24) is 0 Å². The molecule has 0 heterocycles. The van der Waals surface area contributed by atoms with Gasteiger partial charge in [0, 0.05) is 23.9 Å². The number of halogens is 1. The normalized spacial score (nSPS) is 10.4. The second-order valence-electron chi connectivity index (χ2n) is 6.36. The second-order valence-corrected chi connectivity index (χ2v) is 6.36. The maximum atomic E-state index is 13.6. The third-order valence-electron chi connectivity index (χ3n) is 4.56. The van der Waals surface area contributed by atoms with Crippen molar-refractivity contribution in [1.29, 1.82) is 0 Å². The van der Waals surface area contributed by atoms with E-state index in [0.29, 0.717) is 13.0 Å². The minimum Gasteiger partial charge on any atom is -0.497 e. The van der Waals surface area contributed by atoms with Crippen molar-refractivity contribution in [3.63, 3.8) is 0 Å². The SMILES string of the molecule is COc1ccc(NCc2ccc(OC)cc2OC)c(Cc2cccc(F)c2)c1. The molecule has 1 N–H and O–H groups in total. The van der Waals surface area contributed by atoms with Gasteiger partial charge in [0.1, 0.15) is 23.1 Å². The third kappa shape index (κ3) is 4.74. The van der Waals surface area contributed by atoms with E-state index in [-0.39, 0.29) is 5.82 Å². The van der Waals surface area contributed by atoms with Crippen LogP contribution in [0.15, 0.2) is 60.7 Å². The van der Waals surface area contributed by atoms with Gasteiger partial charge in [0.05, 0.1) is 21.3 Å². The molecule has 3 aromatic rings. The Morgan fingerprint density at radius 1 is 0.786 bits per heavy atom. The molecular formula is C23H24FNO3. The van der Waals surface area contributed by atoms with E-state index in [4.69, 9.17) is 14.2 Å². The van der Waals surface area contributed by atoms with Crippen LogP contribution >= 0.6 is 0 Å². The molecule has 0 aromatic heterocycles. The van der Waals surface area contributed by atoms with E-state index >= 15 is 0 Å². The third-order valence-corrected chi connectivity index (χ3v) is 4.56. The van der Waals surface area contributed by atoms with Crippen LogP contribution in [0.4, 0.5) is 10.1 Å². The molecule has 4 nitrogen and oxygen atoms in total. The topological polar surface area (TPSA) is 39.7 Å². The largest absolute Gasteiger partial charge is 0.497 e. The van der Waals surface area contributed by atoms with E-state index in [0.717, 1.165) is 39.6 Å². The summed E-state index contributed by atoms with van der Waals surface area (Å²) in [6.45, 7) is 0.579. The Kier molecular flexibility index (Phi) is 6.37. The predicted octanol–water partition coefficient (Wildman–Crippen LogP) is 5.05. The number of hydrogen-bond acceptors (Lipinski definition) is 4. The molecular weight excluding hydrogens is 357 g/mol. The summed E-state index contributed by atoms with van der Waals surface area (Å²) in [6, 6.07) is 18.2. The number of hydrogen-bond donors (Lipinski definition) is 1. The van der Waals surface area contributed by atoms with Crippen LogP contribution in [0.3, 0.4) is 0 Å². The number of rotatable bonds is 8. The number of anilines is 1. The molecule has 5 heteroatoms. The quantitative estimate of drug-likeness (QED) is 0.592. The van der Waals surface area contributed by atoms with Gasteiger partial charge in [0.25, 0.3) is 0 Å². The minimum atomic E-state index is -0.238. The lowest BCUT2D eigenvalue weighted by Crippen LogP contribution is -2.05. The Labute approximate surface area is 164 Å². The molecule has 0 unspecified atom stereocenters. The van der Waals surface area contributed by atoms with Crippen molar-refractivity contribution in [2.45, 2.75) is 13.0 Å². The maximum Gasteiger partial charge on any atom is 0.127 e. The minimum absolute atomic E-state index is 0.238. The van der Waals surface area contributed by atoms with Crippen molar-refractivity contribution in [3.8, 4) is 17.2 Å². The van der Waals surface area contributed by atoms with Crippen molar-refractivity contribution >= 4 is 5.69 Å². The Morgan fingerprint density at radius 2 is 1.54 bits per heavy atom. The summed E-state index contributed by atoms with van der Waals surface area (Å²) < 4.78 is 29.6. The number of nitrogens with one attached hydrogen (secondary N) is 1. The lowest BCUT2D eigenvalue weighted by atomic mass is 10.0. The molecule has 0 aliphatic heterocycles. The van der Waals surface area contributed by atoms with Crippen molar-refractivity contribution in [3.05, 3.63) is 83.2 Å². The zero-order valence-electron chi connectivity index (χ0n) is 16.3. The van der Waals surface area contributed by atoms with Gasteiger partial charge in [-0.3, -0.25) is 0 Å². The number of ether oxygens (including phenoxy) is 3. The van der Waals surface area contributed by atoms with Gasteiger partial charge in [-0.2, -0.15) is 0 Å². The molecule has 0 saturated carbocycles. The lowest BCUT2D eigenvalue weighted by molar-refractivity contribution is 0.391. The zero-order valence-corrected chi connectivity index (χ0v) is 16.3. The van der Waals surface area contributed by atoms with E-state index in [9.17, 15) is 4.39 Å². The lowest BCUT2D eigenvalue weighted by Gasteiger charge is -2.16. The highest BCUT2D eigenvalue weighted by atomic mass is 19.1. The zero-order chi connectivity index (χ0) is 19.9.